The zero-order chi connectivity index (χ0) is 23.2. The number of carbonyl (C=O) groups excluding carboxylic acids is 2. The SMILES string of the molecule is O=C(C[C@H]1CN(C(=O)Cc2c(F)cccc2Cl)CC[C@@H]1Oc1ccccc1)N1CCCCC1. The van der Waals surface area contributed by atoms with Gasteiger partial charge in [-0.05, 0) is 43.5 Å². The summed E-state index contributed by atoms with van der Waals surface area (Å²) in [7, 11) is 0. The van der Waals surface area contributed by atoms with E-state index in [1.807, 2.05) is 35.2 Å². The molecular weight excluding hydrogens is 443 g/mol. The molecule has 2 saturated heterocycles. The lowest BCUT2D eigenvalue weighted by atomic mass is 9.90. The fourth-order valence-corrected chi connectivity index (χ4v) is 4.95. The number of halogens is 2. The van der Waals surface area contributed by atoms with Gasteiger partial charge in [0.05, 0.1) is 6.42 Å². The fraction of sp³-hybridized carbons (Fsp3) is 0.462. The number of likely N-dealkylation sites (tertiary alicyclic amines) is 2. The second-order valence-corrected chi connectivity index (χ2v) is 9.29. The molecule has 2 aliphatic rings. The predicted molar refractivity (Wildman–Crippen MR) is 126 cm³/mol. The summed E-state index contributed by atoms with van der Waals surface area (Å²) in [5, 5.41) is 0.252. The molecule has 2 amide bonds. The highest BCUT2D eigenvalue weighted by Crippen LogP contribution is 2.28. The third-order valence-electron chi connectivity index (χ3n) is 6.58. The summed E-state index contributed by atoms with van der Waals surface area (Å²) in [5.74, 6) is 0.0858. The lowest BCUT2D eigenvalue weighted by molar-refractivity contribution is -0.139. The molecule has 176 valence electrons. The number of piperidine rings is 2. The summed E-state index contributed by atoms with van der Waals surface area (Å²) in [4.78, 5) is 29.7. The molecule has 2 atom stereocenters. The van der Waals surface area contributed by atoms with E-state index in [0.29, 0.717) is 25.9 Å². The molecule has 2 aromatic rings. The van der Waals surface area contributed by atoms with Crippen LogP contribution in [0.1, 0.15) is 37.7 Å². The molecule has 0 N–H and O–H groups in total. The van der Waals surface area contributed by atoms with Crippen LogP contribution in [0.15, 0.2) is 48.5 Å². The van der Waals surface area contributed by atoms with Crippen molar-refractivity contribution in [2.45, 2.75) is 44.6 Å². The van der Waals surface area contributed by atoms with E-state index in [9.17, 15) is 14.0 Å². The van der Waals surface area contributed by atoms with Crippen LogP contribution < -0.4 is 4.74 Å². The van der Waals surface area contributed by atoms with Crippen molar-refractivity contribution in [3.8, 4) is 5.75 Å². The topological polar surface area (TPSA) is 49.9 Å². The first-order valence-electron chi connectivity index (χ1n) is 11.7. The minimum Gasteiger partial charge on any atom is -0.490 e. The minimum atomic E-state index is -0.477. The van der Waals surface area contributed by atoms with Crippen molar-refractivity contribution < 1.29 is 18.7 Å². The predicted octanol–water partition coefficient (Wildman–Crippen LogP) is 4.72. The zero-order valence-corrected chi connectivity index (χ0v) is 19.5. The highest BCUT2D eigenvalue weighted by molar-refractivity contribution is 6.31. The smallest absolute Gasteiger partial charge is 0.227 e. The first-order valence-corrected chi connectivity index (χ1v) is 12.1. The number of carbonyl (C=O) groups is 2. The van der Waals surface area contributed by atoms with E-state index >= 15 is 0 Å². The number of ether oxygens (including phenoxy) is 1. The van der Waals surface area contributed by atoms with Crippen molar-refractivity contribution >= 4 is 23.4 Å². The molecule has 4 rings (SSSR count). The van der Waals surface area contributed by atoms with E-state index in [1.165, 1.54) is 12.1 Å². The highest BCUT2D eigenvalue weighted by atomic mass is 35.5. The van der Waals surface area contributed by atoms with Gasteiger partial charge in [-0.15, -0.1) is 0 Å². The van der Waals surface area contributed by atoms with Gasteiger partial charge >= 0.3 is 0 Å². The molecule has 0 bridgehead atoms. The average molecular weight is 473 g/mol. The van der Waals surface area contributed by atoms with Crippen LogP contribution in [0.25, 0.3) is 0 Å². The van der Waals surface area contributed by atoms with Gasteiger partial charge in [-0.2, -0.15) is 0 Å². The Labute approximate surface area is 199 Å². The molecule has 2 heterocycles. The fourth-order valence-electron chi connectivity index (χ4n) is 4.72. The average Bonchev–Trinajstić information content (AvgIpc) is 2.83. The number of hydrogen-bond donors (Lipinski definition) is 0. The summed E-state index contributed by atoms with van der Waals surface area (Å²) in [5.41, 5.74) is 0.216. The Morgan fingerprint density at radius 1 is 0.939 bits per heavy atom. The summed E-state index contributed by atoms with van der Waals surface area (Å²) in [6.45, 7) is 2.49. The molecule has 7 heteroatoms. The number of amides is 2. The standard InChI is InChI=1S/C26H30ClFN2O3/c27-22-10-7-11-23(28)21(22)17-26(32)30-15-12-24(33-20-8-3-1-4-9-20)19(18-30)16-25(31)29-13-5-2-6-14-29/h1,3-4,7-11,19,24H,2,5-6,12-18H2/t19-,24-/m0/s1. The molecule has 0 aliphatic carbocycles. The molecule has 0 unspecified atom stereocenters. The first-order chi connectivity index (χ1) is 16.0. The number of nitrogens with zero attached hydrogens (tertiary/aromatic N) is 2. The third-order valence-corrected chi connectivity index (χ3v) is 6.94. The minimum absolute atomic E-state index is 0.0947. The van der Waals surface area contributed by atoms with Gasteiger partial charge in [-0.1, -0.05) is 35.9 Å². The van der Waals surface area contributed by atoms with Gasteiger partial charge in [0.15, 0.2) is 0 Å². The molecule has 2 aliphatic heterocycles. The maximum atomic E-state index is 14.2. The van der Waals surface area contributed by atoms with Crippen LogP contribution in [0.5, 0.6) is 5.75 Å². The monoisotopic (exact) mass is 472 g/mol. The molecule has 5 nitrogen and oxygen atoms in total. The van der Waals surface area contributed by atoms with Crippen molar-refractivity contribution in [1.29, 1.82) is 0 Å². The Balaban J connectivity index is 1.46. The van der Waals surface area contributed by atoms with Crippen LogP contribution in [0.3, 0.4) is 0 Å². The molecule has 0 aromatic heterocycles. The Morgan fingerprint density at radius 2 is 1.70 bits per heavy atom. The molecule has 2 aromatic carbocycles. The van der Waals surface area contributed by atoms with Crippen molar-refractivity contribution in [3.05, 3.63) is 64.9 Å². The maximum absolute atomic E-state index is 14.2. The summed E-state index contributed by atoms with van der Waals surface area (Å²) in [6, 6.07) is 14.0. The first kappa shape index (κ1) is 23.6. The van der Waals surface area contributed by atoms with Gasteiger partial charge in [0, 0.05) is 55.5 Å². The summed E-state index contributed by atoms with van der Waals surface area (Å²) in [6.07, 6.45) is 3.92. The summed E-state index contributed by atoms with van der Waals surface area (Å²) >= 11 is 6.13. The van der Waals surface area contributed by atoms with E-state index in [1.54, 1.807) is 11.0 Å². The maximum Gasteiger partial charge on any atom is 0.227 e. The number of hydrogen-bond acceptors (Lipinski definition) is 3. The zero-order valence-electron chi connectivity index (χ0n) is 18.7. The van der Waals surface area contributed by atoms with Crippen LogP contribution in [0, 0.1) is 11.7 Å². The van der Waals surface area contributed by atoms with Crippen molar-refractivity contribution in [2.24, 2.45) is 5.92 Å². The lowest BCUT2D eigenvalue weighted by Crippen LogP contribution is -2.50. The van der Waals surface area contributed by atoms with Gasteiger partial charge in [-0.25, -0.2) is 4.39 Å². The van der Waals surface area contributed by atoms with E-state index in [-0.39, 0.29) is 40.8 Å². The number of benzene rings is 2. The van der Waals surface area contributed by atoms with E-state index in [4.69, 9.17) is 16.3 Å². The molecular formula is C26H30ClFN2O3. The van der Waals surface area contributed by atoms with Crippen LogP contribution in [-0.2, 0) is 16.0 Å². The molecule has 2 fully saturated rings. The van der Waals surface area contributed by atoms with E-state index < -0.39 is 5.82 Å². The second kappa shape index (κ2) is 11.0. The number of rotatable bonds is 6. The van der Waals surface area contributed by atoms with Crippen molar-refractivity contribution in [3.63, 3.8) is 0 Å². The molecule has 0 spiro atoms. The van der Waals surface area contributed by atoms with Crippen LogP contribution >= 0.6 is 11.6 Å². The van der Waals surface area contributed by atoms with E-state index in [2.05, 4.69) is 0 Å². The quantitative estimate of drug-likeness (QED) is 0.611. The third kappa shape index (κ3) is 6.05. The summed E-state index contributed by atoms with van der Waals surface area (Å²) < 4.78 is 20.5. The largest absolute Gasteiger partial charge is 0.490 e. The Kier molecular flexibility index (Phi) is 7.86. The molecule has 0 saturated carbocycles. The number of para-hydroxylation sites is 1. The van der Waals surface area contributed by atoms with Crippen molar-refractivity contribution in [2.75, 3.05) is 26.2 Å². The van der Waals surface area contributed by atoms with Gasteiger partial charge in [0.2, 0.25) is 11.8 Å². The van der Waals surface area contributed by atoms with Crippen LogP contribution in [0.2, 0.25) is 5.02 Å². The molecule has 0 radical (unpaired) electrons. The van der Waals surface area contributed by atoms with Gasteiger partial charge in [0.25, 0.3) is 0 Å². The highest BCUT2D eigenvalue weighted by Gasteiger charge is 2.35. The second-order valence-electron chi connectivity index (χ2n) is 8.88. The Hall–Kier alpha value is -2.60. The lowest BCUT2D eigenvalue weighted by Gasteiger charge is -2.39. The van der Waals surface area contributed by atoms with Crippen molar-refractivity contribution in [1.82, 2.24) is 9.80 Å². The Bertz CT molecular complexity index is 945. The van der Waals surface area contributed by atoms with Crippen LogP contribution in [-0.4, -0.2) is 53.9 Å². The normalized spacial score (nSPS) is 21.0. The van der Waals surface area contributed by atoms with Crippen LogP contribution in [0.4, 0.5) is 4.39 Å². The van der Waals surface area contributed by atoms with Gasteiger partial charge in [0.1, 0.15) is 17.7 Å². The van der Waals surface area contributed by atoms with E-state index in [0.717, 1.165) is 38.1 Å². The van der Waals surface area contributed by atoms with Gasteiger partial charge in [-0.3, -0.25) is 9.59 Å². The van der Waals surface area contributed by atoms with Gasteiger partial charge < -0.3 is 14.5 Å². The molecule has 33 heavy (non-hydrogen) atoms. The Morgan fingerprint density at radius 3 is 2.42 bits per heavy atom.